The maximum Gasteiger partial charge on any atom is 0.240 e. The number of carbonyl (C=O) groups excluding carboxylic acids is 1. The van der Waals surface area contributed by atoms with Gasteiger partial charge in [0, 0.05) is 29.4 Å². The van der Waals surface area contributed by atoms with Crippen molar-refractivity contribution in [2.75, 3.05) is 18.6 Å². The molecule has 0 heterocycles. The summed E-state index contributed by atoms with van der Waals surface area (Å²) in [7, 11) is -0.856. The summed E-state index contributed by atoms with van der Waals surface area (Å²) >= 11 is 0. The van der Waals surface area contributed by atoms with Crippen LogP contribution in [0.3, 0.4) is 0 Å². The smallest absolute Gasteiger partial charge is 0.240 e. The molecule has 1 amide bonds. The summed E-state index contributed by atoms with van der Waals surface area (Å²) in [6, 6.07) is 0. The molecule has 15 heavy (non-hydrogen) atoms. The third kappa shape index (κ3) is 3.91. The lowest BCUT2D eigenvalue weighted by molar-refractivity contribution is -0.127. The summed E-state index contributed by atoms with van der Waals surface area (Å²) in [4.78, 5) is 11.8. The van der Waals surface area contributed by atoms with Crippen molar-refractivity contribution in [3.8, 4) is 0 Å². The Morgan fingerprint density at radius 1 is 1.40 bits per heavy atom. The molecule has 0 spiro atoms. The largest absolute Gasteiger partial charge is 0.354 e. The van der Waals surface area contributed by atoms with E-state index in [0.29, 0.717) is 12.3 Å². The predicted octanol–water partition coefficient (Wildman–Crippen LogP) is 0.143. The van der Waals surface area contributed by atoms with Crippen LogP contribution in [0.15, 0.2) is 0 Å². The van der Waals surface area contributed by atoms with Gasteiger partial charge in [-0.3, -0.25) is 9.00 Å². The molecule has 1 saturated carbocycles. The molecule has 1 aliphatic carbocycles. The Kier molecular flexibility index (Phi) is 4.73. The van der Waals surface area contributed by atoms with Crippen LogP contribution in [0.2, 0.25) is 0 Å². The van der Waals surface area contributed by atoms with Crippen molar-refractivity contribution in [2.45, 2.75) is 37.6 Å². The fourth-order valence-corrected chi connectivity index (χ4v) is 2.28. The number of nitrogens with two attached hydrogens (primary N) is 1. The summed E-state index contributed by atoms with van der Waals surface area (Å²) in [5, 5.41) is 2.77. The molecule has 3 N–H and O–H groups in total. The molecule has 0 aliphatic heterocycles. The normalized spacial score (nSPS) is 22.0. The van der Waals surface area contributed by atoms with Crippen LogP contribution in [-0.2, 0) is 15.6 Å². The van der Waals surface area contributed by atoms with Gasteiger partial charge in [-0.2, -0.15) is 0 Å². The molecule has 0 saturated heterocycles. The molecule has 0 bridgehead atoms. The van der Waals surface area contributed by atoms with Gasteiger partial charge in [-0.05, 0) is 12.8 Å². The molecule has 1 fully saturated rings. The minimum Gasteiger partial charge on any atom is -0.354 e. The average molecular weight is 232 g/mol. The summed E-state index contributed by atoms with van der Waals surface area (Å²) in [5.74, 6) is 0.426. The lowest BCUT2D eigenvalue weighted by Crippen LogP contribution is -2.55. The van der Waals surface area contributed by atoms with Crippen LogP contribution < -0.4 is 11.1 Å². The van der Waals surface area contributed by atoms with Gasteiger partial charge in [0.05, 0.1) is 5.54 Å². The summed E-state index contributed by atoms with van der Waals surface area (Å²) in [5.41, 5.74) is 5.36. The van der Waals surface area contributed by atoms with Crippen LogP contribution in [0.1, 0.15) is 32.1 Å². The van der Waals surface area contributed by atoms with Crippen LogP contribution >= 0.6 is 0 Å². The van der Waals surface area contributed by atoms with Gasteiger partial charge in [0.2, 0.25) is 5.91 Å². The van der Waals surface area contributed by atoms with Crippen molar-refractivity contribution in [1.29, 1.82) is 0 Å². The van der Waals surface area contributed by atoms with Gasteiger partial charge < -0.3 is 11.1 Å². The first-order chi connectivity index (χ1) is 7.04. The fraction of sp³-hybridized carbons (Fsp3) is 0.900. The molecule has 0 aromatic rings. The average Bonchev–Trinajstić information content (AvgIpc) is 2.18. The van der Waals surface area contributed by atoms with E-state index in [-0.39, 0.29) is 5.91 Å². The van der Waals surface area contributed by atoms with E-state index in [1.54, 1.807) is 6.26 Å². The predicted molar refractivity (Wildman–Crippen MR) is 61.9 cm³/mol. The van der Waals surface area contributed by atoms with Crippen LogP contribution in [-0.4, -0.2) is 34.2 Å². The van der Waals surface area contributed by atoms with E-state index in [4.69, 9.17) is 5.73 Å². The molecular weight excluding hydrogens is 212 g/mol. The Morgan fingerprint density at radius 2 is 2.00 bits per heavy atom. The Morgan fingerprint density at radius 3 is 2.53 bits per heavy atom. The molecule has 0 aromatic heterocycles. The lowest BCUT2D eigenvalue weighted by Gasteiger charge is -2.31. The van der Waals surface area contributed by atoms with Crippen molar-refractivity contribution >= 4 is 16.7 Å². The topological polar surface area (TPSA) is 72.2 Å². The number of nitrogens with one attached hydrogen (secondary N) is 1. The zero-order valence-electron chi connectivity index (χ0n) is 9.25. The van der Waals surface area contributed by atoms with Crippen molar-refractivity contribution in [1.82, 2.24) is 5.32 Å². The zero-order valence-corrected chi connectivity index (χ0v) is 10.1. The van der Waals surface area contributed by atoms with Crippen molar-refractivity contribution in [3.05, 3.63) is 0 Å². The van der Waals surface area contributed by atoms with Gasteiger partial charge in [0.25, 0.3) is 0 Å². The Balaban J connectivity index is 2.34. The van der Waals surface area contributed by atoms with Gasteiger partial charge in [0.15, 0.2) is 0 Å². The van der Waals surface area contributed by atoms with Crippen molar-refractivity contribution < 1.29 is 9.00 Å². The Bertz CT molecular complexity index is 250. The van der Waals surface area contributed by atoms with Crippen molar-refractivity contribution in [3.63, 3.8) is 0 Å². The van der Waals surface area contributed by atoms with Gasteiger partial charge in [-0.25, -0.2) is 0 Å². The molecule has 1 atom stereocenters. The fourth-order valence-electron chi connectivity index (χ4n) is 1.89. The van der Waals surface area contributed by atoms with E-state index >= 15 is 0 Å². The lowest BCUT2D eigenvalue weighted by atomic mass is 9.82. The number of hydrogen-bond acceptors (Lipinski definition) is 3. The highest BCUT2D eigenvalue weighted by Gasteiger charge is 2.34. The second kappa shape index (κ2) is 5.61. The molecule has 0 radical (unpaired) electrons. The number of hydrogen-bond donors (Lipinski definition) is 2. The number of rotatable bonds is 4. The van der Waals surface area contributed by atoms with Gasteiger partial charge in [-0.15, -0.1) is 0 Å². The molecule has 88 valence electrons. The molecular formula is C10H20N2O2S. The minimum atomic E-state index is -0.856. The zero-order chi connectivity index (χ0) is 11.3. The SMILES string of the molecule is CS(=O)CCNC(=O)C1(N)CCCCC1. The minimum absolute atomic E-state index is 0.0762. The second-order valence-electron chi connectivity index (χ2n) is 4.25. The first kappa shape index (κ1) is 12.6. The molecule has 4 nitrogen and oxygen atoms in total. The van der Waals surface area contributed by atoms with Crippen LogP contribution in [0.25, 0.3) is 0 Å². The molecule has 1 unspecified atom stereocenters. The van der Waals surface area contributed by atoms with Gasteiger partial charge >= 0.3 is 0 Å². The van der Waals surface area contributed by atoms with E-state index in [1.165, 1.54) is 6.42 Å². The summed E-state index contributed by atoms with van der Waals surface area (Å²) < 4.78 is 10.8. The van der Waals surface area contributed by atoms with Crippen molar-refractivity contribution in [2.24, 2.45) is 5.73 Å². The highest BCUT2D eigenvalue weighted by Crippen LogP contribution is 2.25. The Hall–Kier alpha value is -0.420. The first-order valence-corrected chi connectivity index (χ1v) is 7.14. The maximum absolute atomic E-state index is 11.8. The summed E-state index contributed by atoms with van der Waals surface area (Å²) in [6.07, 6.45) is 6.41. The van der Waals surface area contributed by atoms with E-state index < -0.39 is 16.3 Å². The van der Waals surface area contributed by atoms with Gasteiger partial charge in [-0.1, -0.05) is 19.3 Å². The molecule has 0 aromatic carbocycles. The first-order valence-electron chi connectivity index (χ1n) is 5.42. The standard InChI is InChI=1S/C10H20N2O2S/c1-15(14)8-7-12-9(13)10(11)5-3-2-4-6-10/h2-8,11H2,1H3,(H,12,13). The third-order valence-corrected chi connectivity index (χ3v) is 3.65. The maximum atomic E-state index is 11.8. The third-order valence-electron chi connectivity index (χ3n) is 2.87. The number of carbonyl (C=O) groups is 1. The van der Waals surface area contributed by atoms with Gasteiger partial charge in [0.1, 0.15) is 0 Å². The molecule has 5 heteroatoms. The van der Waals surface area contributed by atoms with Crippen LogP contribution in [0.5, 0.6) is 0 Å². The second-order valence-corrected chi connectivity index (χ2v) is 5.80. The van der Waals surface area contributed by atoms with E-state index in [1.807, 2.05) is 0 Å². The van der Waals surface area contributed by atoms with Crippen LogP contribution in [0.4, 0.5) is 0 Å². The molecule has 1 rings (SSSR count). The Labute approximate surface area is 93.4 Å². The number of amides is 1. The van der Waals surface area contributed by atoms with Crippen LogP contribution in [0, 0.1) is 0 Å². The summed E-state index contributed by atoms with van der Waals surface area (Å²) in [6.45, 7) is 0.459. The highest BCUT2D eigenvalue weighted by molar-refractivity contribution is 7.84. The monoisotopic (exact) mass is 232 g/mol. The van der Waals surface area contributed by atoms with E-state index in [2.05, 4.69) is 5.32 Å². The van der Waals surface area contributed by atoms with E-state index in [9.17, 15) is 9.00 Å². The quantitative estimate of drug-likeness (QED) is 0.724. The highest BCUT2D eigenvalue weighted by atomic mass is 32.2. The molecule has 1 aliphatic rings. The van der Waals surface area contributed by atoms with E-state index in [0.717, 1.165) is 25.7 Å².